The molecule has 0 heterocycles. The van der Waals surface area contributed by atoms with E-state index < -0.39 is 0 Å². The maximum atomic E-state index is 3.69. The molecule has 0 nitrogen and oxygen atoms in total. The summed E-state index contributed by atoms with van der Waals surface area (Å²) in [5, 5.41) is 0. The molecule has 0 unspecified atom stereocenters. The first-order chi connectivity index (χ1) is 5.35. The monoisotopic (exact) mass is 154 g/mol. The van der Waals surface area contributed by atoms with E-state index in [-0.39, 0.29) is 0 Å². The molecule has 0 radical (unpaired) electrons. The zero-order valence-corrected chi connectivity index (χ0v) is 8.48. The van der Waals surface area contributed by atoms with Crippen molar-refractivity contribution in [1.82, 2.24) is 0 Å². The average Bonchev–Trinajstić information content (AvgIpc) is 2.08. The summed E-state index contributed by atoms with van der Waals surface area (Å²) in [4.78, 5) is 0. The van der Waals surface area contributed by atoms with Gasteiger partial charge in [-0.1, -0.05) is 45.4 Å². The average molecular weight is 154 g/mol. The summed E-state index contributed by atoms with van der Waals surface area (Å²) >= 11 is 0. The molecule has 0 bridgehead atoms. The Bertz CT molecular complexity index is 98.6. The van der Waals surface area contributed by atoms with Crippen LogP contribution in [-0.2, 0) is 0 Å². The lowest BCUT2D eigenvalue weighted by Gasteiger charge is -1.96. The summed E-state index contributed by atoms with van der Waals surface area (Å²) in [6.45, 7) is 12.0. The van der Waals surface area contributed by atoms with Crippen molar-refractivity contribution in [2.24, 2.45) is 0 Å². The summed E-state index contributed by atoms with van der Waals surface area (Å²) in [6, 6.07) is 0. The third-order valence-electron chi connectivity index (χ3n) is 1.35. The van der Waals surface area contributed by atoms with Gasteiger partial charge in [-0.25, -0.2) is 0 Å². The Balaban J connectivity index is 0. The fraction of sp³-hybridized carbons (Fsp3) is 0.636. The largest absolute Gasteiger partial charge is 0.103 e. The molecule has 0 fully saturated rings. The van der Waals surface area contributed by atoms with Crippen molar-refractivity contribution in [1.29, 1.82) is 0 Å². The predicted molar refractivity (Wildman–Crippen MR) is 54.8 cm³/mol. The van der Waals surface area contributed by atoms with Gasteiger partial charge in [0.2, 0.25) is 0 Å². The van der Waals surface area contributed by atoms with Crippen LogP contribution in [-0.4, -0.2) is 0 Å². The van der Waals surface area contributed by atoms with E-state index in [0.29, 0.717) is 0 Å². The van der Waals surface area contributed by atoms with Gasteiger partial charge in [-0.3, -0.25) is 0 Å². The summed E-state index contributed by atoms with van der Waals surface area (Å²) in [7, 11) is 0. The summed E-state index contributed by atoms with van der Waals surface area (Å²) in [5.74, 6) is 0. The lowest BCUT2D eigenvalue weighted by Crippen LogP contribution is -1.76. The molecule has 0 aromatic carbocycles. The highest BCUT2D eigenvalue weighted by atomic mass is 13.9. The van der Waals surface area contributed by atoms with Gasteiger partial charge in [-0.2, -0.15) is 0 Å². The van der Waals surface area contributed by atoms with E-state index in [1.54, 1.807) is 0 Å². The molecule has 0 aliphatic rings. The van der Waals surface area contributed by atoms with Crippen LogP contribution in [0.5, 0.6) is 0 Å². The Kier molecular flexibility index (Phi) is 14.5. The Labute approximate surface area is 72.0 Å². The van der Waals surface area contributed by atoms with Crippen LogP contribution in [0.2, 0.25) is 0 Å². The maximum Gasteiger partial charge on any atom is -0.0142 e. The van der Waals surface area contributed by atoms with Crippen molar-refractivity contribution in [3.63, 3.8) is 0 Å². The van der Waals surface area contributed by atoms with Gasteiger partial charge in [0.25, 0.3) is 0 Å². The van der Waals surface area contributed by atoms with Crippen LogP contribution in [0.1, 0.15) is 47.0 Å². The number of hydrogen-bond acceptors (Lipinski definition) is 0. The molecule has 0 saturated heterocycles. The molecule has 0 N–H and O–H groups in total. The molecule has 0 aliphatic heterocycles. The first kappa shape index (κ1) is 13.1. The molecule has 0 heteroatoms. The third kappa shape index (κ3) is 9.48. The standard InChI is InChI=1S/C9H16.C2H6/c1-4-7-9(6-3)8-5-2;1-2/h4,8H,1,5-7H2,2-3H3;1-2H3/b9-8+;. The lowest BCUT2D eigenvalue weighted by atomic mass is 10.1. The quantitative estimate of drug-likeness (QED) is 0.528. The van der Waals surface area contributed by atoms with Gasteiger partial charge in [-0.05, 0) is 19.3 Å². The second-order valence-electron chi connectivity index (χ2n) is 2.12. The zero-order chi connectivity index (χ0) is 9.11. The van der Waals surface area contributed by atoms with Crippen LogP contribution < -0.4 is 0 Å². The summed E-state index contributed by atoms with van der Waals surface area (Å²) in [5.41, 5.74) is 1.51. The van der Waals surface area contributed by atoms with Crippen LogP contribution in [0.25, 0.3) is 0 Å². The molecule has 0 saturated carbocycles. The molecule has 0 spiro atoms. The third-order valence-corrected chi connectivity index (χ3v) is 1.35. The molecule has 0 rings (SSSR count). The minimum atomic E-state index is 1.06. The fourth-order valence-corrected chi connectivity index (χ4v) is 0.846. The van der Waals surface area contributed by atoms with E-state index in [9.17, 15) is 0 Å². The number of hydrogen-bond donors (Lipinski definition) is 0. The highest BCUT2D eigenvalue weighted by Gasteiger charge is 1.86. The lowest BCUT2D eigenvalue weighted by molar-refractivity contribution is 1.00. The second kappa shape index (κ2) is 12.2. The SMILES string of the molecule is C=CC/C(=C/CC)CC.CC. The number of allylic oxidation sites excluding steroid dienone is 3. The van der Waals surface area contributed by atoms with Gasteiger partial charge >= 0.3 is 0 Å². The maximum absolute atomic E-state index is 3.69. The van der Waals surface area contributed by atoms with E-state index in [1.807, 2.05) is 19.9 Å². The van der Waals surface area contributed by atoms with Gasteiger partial charge in [0, 0.05) is 0 Å². The van der Waals surface area contributed by atoms with Gasteiger partial charge in [0.1, 0.15) is 0 Å². The highest BCUT2D eigenvalue weighted by molar-refractivity contribution is 5.04. The molecule has 11 heavy (non-hydrogen) atoms. The van der Waals surface area contributed by atoms with E-state index in [4.69, 9.17) is 0 Å². The van der Waals surface area contributed by atoms with Crippen LogP contribution in [0.15, 0.2) is 24.3 Å². The number of rotatable bonds is 4. The normalized spacial score (nSPS) is 10.0. The fourth-order valence-electron chi connectivity index (χ4n) is 0.846. The molecular weight excluding hydrogens is 132 g/mol. The molecule has 0 amide bonds. The van der Waals surface area contributed by atoms with E-state index >= 15 is 0 Å². The van der Waals surface area contributed by atoms with E-state index in [0.717, 1.165) is 12.8 Å². The molecular formula is C11H22. The zero-order valence-electron chi connectivity index (χ0n) is 8.48. The van der Waals surface area contributed by atoms with Crippen molar-refractivity contribution >= 4 is 0 Å². The first-order valence-corrected chi connectivity index (χ1v) is 4.63. The first-order valence-electron chi connectivity index (χ1n) is 4.63. The topological polar surface area (TPSA) is 0 Å². The van der Waals surface area contributed by atoms with E-state index in [1.165, 1.54) is 12.0 Å². The molecule has 0 aromatic heterocycles. The smallest absolute Gasteiger partial charge is 0.0142 e. The van der Waals surface area contributed by atoms with Crippen molar-refractivity contribution in [3.8, 4) is 0 Å². The molecule has 0 aliphatic carbocycles. The Morgan fingerprint density at radius 1 is 1.27 bits per heavy atom. The summed E-state index contributed by atoms with van der Waals surface area (Å²) < 4.78 is 0. The van der Waals surface area contributed by atoms with Crippen LogP contribution in [0.3, 0.4) is 0 Å². The Hall–Kier alpha value is -0.520. The molecule has 0 atom stereocenters. The van der Waals surface area contributed by atoms with Crippen molar-refractivity contribution in [3.05, 3.63) is 24.3 Å². The highest BCUT2D eigenvalue weighted by Crippen LogP contribution is 2.06. The van der Waals surface area contributed by atoms with E-state index in [2.05, 4.69) is 26.5 Å². The predicted octanol–water partition coefficient (Wildman–Crippen LogP) is 4.34. The van der Waals surface area contributed by atoms with Crippen LogP contribution in [0, 0.1) is 0 Å². The van der Waals surface area contributed by atoms with Gasteiger partial charge in [0.05, 0.1) is 0 Å². The van der Waals surface area contributed by atoms with Gasteiger partial charge in [-0.15, -0.1) is 6.58 Å². The minimum absolute atomic E-state index is 1.06. The minimum Gasteiger partial charge on any atom is -0.103 e. The molecule has 66 valence electrons. The summed E-state index contributed by atoms with van der Waals surface area (Å²) in [6.07, 6.45) is 7.62. The van der Waals surface area contributed by atoms with Crippen molar-refractivity contribution in [2.75, 3.05) is 0 Å². The Morgan fingerprint density at radius 2 is 1.82 bits per heavy atom. The Morgan fingerprint density at radius 3 is 2.09 bits per heavy atom. The van der Waals surface area contributed by atoms with Crippen LogP contribution in [0.4, 0.5) is 0 Å². The van der Waals surface area contributed by atoms with Crippen molar-refractivity contribution < 1.29 is 0 Å². The molecule has 0 aromatic rings. The van der Waals surface area contributed by atoms with Gasteiger partial charge in [0.15, 0.2) is 0 Å². The van der Waals surface area contributed by atoms with Crippen LogP contribution >= 0.6 is 0 Å². The second-order valence-corrected chi connectivity index (χ2v) is 2.12. The van der Waals surface area contributed by atoms with Gasteiger partial charge < -0.3 is 0 Å². The van der Waals surface area contributed by atoms with Crippen molar-refractivity contribution in [2.45, 2.75) is 47.0 Å².